The SMILES string of the molecule is COc1ccc(C2(CN=C(N)Nc3ccccc3OC(F)(F)F)CCOCC2)cc1.I. The summed E-state index contributed by atoms with van der Waals surface area (Å²) in [6.07, 6.45) is -3.29. The second-order valence-electron chi connectivity index (χ2n) is 6.99. The van der Waals surface area contributed by atoms with E-state index in [1.807, 2.05) is 24.3 Å². The van der Waals surface area contributed by atoms with Gasteiger partial charge in [-0.2, -0.15) is 0 Å². The number of nitrogens with one attached hydrogen (secondary N) is 1. The number of anilines is 1. The summed E-state index contributed by atoms with van der Waals surface area (Å²) < 4.78 is 52.6. The van der Waals surface area contributed by atoms with Gasteiger partial charge in [-0.25, -0.2) is 0 Å². The molecule has 10 heteroatoms. The van der Waals surface area contributed by atoms with Gasteiger partial charge in [0, 0.05) is 18.6 Å². The molecule has 31 heavy (non-hydrogen) atoms. The van der Waals surface area contributed by atoms with Crippen LogP contribution in [0.3, 0.4) is 0 Å². The number of guanidine groups is 1. The van der Waals surface area contributed by atoms with E-state index in [0.717, 1.165) is 24.2 Å². The molecule has 1 aliphatic heterocycles. The normalized spacial score (nSPS) is 16.2. The predicted molar refractivity (Wildman–Crippen MR) is 123 cm³/mol. The number of benzene rings is 2. The first-order valence-corrected chi connectivity index (χ1v) is 9.45. The number of aliphatic imine (C=N–C) groups is 1. The maximum Gasteiger partial charge on any atom is 0.573 e. The van der Waals surface area contributed by atoms with Crippen molar-refractivity contribution in [3.63, 3.8) is 0 Å². The summed E-state index contributed by atoms with van der Waals surface area (Å²) in [6, 6.07) is 13.4. The topological polar surface area (TPSA) is 78.1 Å². The molecule has 2 aromatic rings. The highest BCUT2D eigenvalue weighted by atomic mass is 127. The fraction of sp³-hybridized carbons (Fsp3) is 0.381. The number of hydrogen-bond acceptors (Lipinski definition) is 4. The lowest BCUT2D eigenvalue weighted by Crippen LogP contribution is -2.38. The van der Waals surface area contributed by atoms with Crippen LogP contribution < -0.4 is 20.5 Å². The Kier molecular flexibility index (Phi) is 8.80. The Morgan fingerprint density at radius 3 is 2.39 bits per heavy atom. The first kappa shape index (κ1) is 25.1. The molecule has 1 heterocycles. The van der Waals surface area contributed by atoms with Crippen molar-refractivity contribution in [3.05, 3.63) is 54.1 Å². The van der Waals surface area contributed by atoms with Crippen LogP contribution in [-0.4, -0.2) is 39.2 Å². The van der Waals surface area contributed by atoms with Crippen molar-refractivity contribution in [2.24, 2.45) is 10.7 Å². The molecular weight excluding hydrogens is 526 g/mol. The molecule has 3 N–H and O–H groups in total. The van der Waals surface area contributed by atoms with E-state index in [1.165, 1.54) is 18.2 Å². The second-order valence-corrected chi connectivity index (χ2v) is 6.99. The van der Waals surface area contributed by atoms with E-state index in [2.05, 4.69) is 15.0 Å². The summed E-state index contributed by atoms with van der Waals surface area (Å²) >= 11 is 0. The Morgan fingerprint density at radius 2 is 1.77 bits per heavy atom. The molecule has 1 fully saturated rings. The van der Waals surface area contributed by atoms with Crippen LogP contribution in [0.2, 0.25) is 0 Å². The number of para-hydroxylation sites is 2. The summed E-state index contributed by atoms with van der Waals surface area (Å²) in [5.74, 6) is 0.388. The van der Waals surface area contributed by atoms with Gasteiger partial charge in [0.1, 0.15) is 5.75 Å². The molecule has 0 atom stereocenters. The number of ether oxygens (including phenoxy) is 3. The highest BCUT2D eigenvalue weighted by Gasteiger charge is 2.35. The average molecular weight is 551 g/mol. The number of halogens is 4. The van der Waals surface area contributed by atoms with E-state index in [1.54, 1.807) is 13.2 Å². The van der Waals surface area contributed by atoms with Gasteiger partial charge >= 0.3 is 6.36 Å². The maximum atomic E-state index is 12.6. The van der Waals surface area contributed by atoms with Crippen LogP contribution in [0, 0.1) is 0 Å². The quantitative estimate of drug-likeness (QED) is 0.310. The number of rotatable bonds is 6. The fourth-order valence-corrected chi connectivity index (χ4v) is 3.44. The molecule has 0 aromatic heterocycles. The Hall–Kier alpha value is -2.21. The average Bonchev–Trinajstić information content (AvgIpc) is 2.73. The Labute approximate surface area is 196 Å². The molecule has 3 rings (SSSR count). The maximum absolute atomic E-state index is 12.6. The molecule has 0 saturated carbocycles. The lowest BCUT2D eigenvalue weighted by atomic mass is 9.74. The van der Waals surface area contributed by atoms with E-state index < -0.39 is 6.36 Å². The summed E-state index contributed by atoms with van der Waals surface area (Å²) in [5, 5.41) is 2.71. The third-order valence-corrected chi connectivity index (χ3v) is 5.08. The number of nitrogens with two attached hydrogens (primary N) is 1. The van der Waals surface area contributed by atoms with Crippen LogP contribution in [0.4, 0.5) is 18.9 Å². The standard InChI is InChI=1S/C21H24F3N3O3.HI/c1-28-16-8-6-15(7-9-16)20(10-12-29-13-11-20)14-26-19(25)27-17-4-2-3-5-18(17)30-21(22,23)24;/h2-9H,10-14H2,1H3,(H3,25,26,27);1H. The summed E-state index contributed by atoms with van der Waals surface area (Å²) in [7, 11) is 1.61. The molecule has 170 valence electrons. The van der Waals surface area contributed by atoms with Gasteiger partial charge < -0.3 is 25.3 Å². The minimum Gasteiger partial charge on any atom is -0.497 e. The van der Waals surface area contributed by atoms with Crippen LogP contribution in [0.15, 0.2) is 53.5 Å². The first-order valence-electron chi connectivity index (χ1n) is 9.45. The highest BCUT2D eigenvalue weighted by Crippen LogP contribution is 2.36. The largest absolute Gasteiger partial charge is 0.573 e. The van der Waals surface area contributed by atoms with Gasteiger partial charge in [0.15, 0.2) is 11.7 Å². The number of methoxy groups -OCH3 is 1. The number of hydrogen-bond donors (Lipinski definition) is 2. The Bertz CT molecular complexity index is 870. The van der Waals surface area contributed by atoms with Gasteiger partial charge in [0.05, 0.1) is 19.3 Å². The van der Waals surface area contributed by atoms with Gasteiger partial charge in [-0.1, -0.05) is 24.3 Å². The monoisotopic (exact) mass is 551 g/mol. The van der Waals surface area contributed by atoms with Gasteiger partial charge in [0.2, 0.25) is 0 Å². The molecule has 0 spiro atoms. The van der Waals surface area contributed by atoms with E-state index in [0.29, 0.717) is 19.8 Å². The number of nitrogens with zero attached hydrogens (tertiary/aromatic N) is 1. The van der Waals surface area contributed by atoms with Crippen molar-refractivity contribution in [3.8, 4) is 11.5 Å². The van der Waals surface area contributed by atoms with Crippen molar-refractivity contribution in [2.75, 3.05) is 32.2 Å². The molecule has 0 radical (unpaired) electrons. The van der Waals surface area contributed by atoms with Crippen LogP contribution in [0.1, 0.15) is 18.4 Å². The second kappa shape index (κ2) is 10.9. The van der Waals surface area contributed by atoms with Crippen molar-refractivity contribution < 1.29 is 27.4 Å². The van der Waals surface area contributed by atoms with Gasteiger partial charge in [0.25, 0.3) is 0 Å². The van der Waals surface area contributed by atoms with E-state index in [4.69, 9.17) is 15.2 Å². The summed E-state index contributed by atoms with van der Waals surface area (Å²) in [4.78, 5) is 4.43. The minimum atomic E-state index is -4.80. The lowest BCUT2D eigenvalue weighted by Gasteiger charge is -2.36. The van der Waals surface area contributed by atoms with Crippen LogP contribution in [0.25, 0.3) is 0 Å². The Balaban J connectivity index is 0.00000341. The van der Waals surface area contributed by atoms with Crippen LogP contribution in [-0.2, 0) is 10.2 Å². The highest BCUT2D eigenvalue weighted by molar-refractivity contribution is 14.0. The van der Waals surface area contributed by atoms with Gasteiger partial charge in [-0.15, -0.1) is 37.1 Å². The molecule has 0 amide bonds. The molecule has 0 unspecified atom stereocenters. The van der Waals surface area contributed by atoms with Crippen molar-refractivity contribution in [1.82, 2.24) is 0 Å². The van der Waals surface area contributed by atoms with Crippen molar-refractivity contribution in [1.29, 1.82) is 0 Å². The van der Waals surface area contributed by atoms with E-state index in [9.17, 15) is 13.2 Å². The van der Waals surface area contributed by atoms with Gasteiger partial charge in [-0.05, 0) is 42.7 Å². The first-order chi connectivity index (χ1) is 14.3. The fourth-order valence-electron chi connectivity index (χ4n) is 3.44. The predicted octanol–water partition coefficient (Wildman–Crippen LogP) is 4.69. The van der Waals surface area contributed by atoms with Crippen LogP contribution in [0.5, 0.6) is 11.5 Å². The molecule has 0 aliphatic carbocycles. The minimum absolute atomic E-state index is 0. The molecular formula is C21H25F3IN3O3. The third kappa shape index (κ3) is 6.89. The van der Waals surface area contributed by atoms with Gasteiger partial charge in [-0.3, -0.25) is 4.99 Å². The zero-order chi connectivity index (χ0) is 21.6. The zero-order valence-corrected chi connectivity index (χ0v) is 19.3. The van der Waals surface area contributed by atoms with Crippen molar-refractivity contribution in [2.45, 2.75) is 24.6 Å². The Morgan fingerprint density at radius 1 is 1.13 bits per heavy atom. The lowest BCUT2D eigenvalue weighted by molar-refractivity contribution is -0.274. The van der Waals surface area contributed by atoms with E-state index in [-0.39, 0.29) is 46.8 Å². The third-order valence-electron chi connectivity index (χ3n) is 5.08. The molecule has 1 aliphatic rings. The number of alkyl halides is 3. The smallest absolute Gasteiger partial charge is 0.497 e. The molecule has 6 nitrogen and oxygen atoms in total. The van der Waals surface area contributed by atoms with Crippen LogP contribution >= 0.6 is 24.0 Å². The van der Waals surface area contributed by atoms with Crippen molar-refractivity contribution >= 4 is 35.6 Å². The zero-order valence-electron chi connectivity index (χ0n) is 16.9. The van der Waals surface area contributed by atoms with E-state index >= 15 is 0 Å². The summed E-state index contributed by atoms with van der Waals surface area (Å²) in [5.41, 5.74) is 6.88. The summed E-state index contributed by atoms with van der Waals surface area (Å²) in [6.45, 7) is 1.55. The molecule has 2 aromatic carbocycles. The molecule has 1 saturated heterocycles. The molecule has 0 bridgehead atoms.